The topological polar surface area (TPSA) is 41.3 Å². The summed E-state index contributed by atoms with van der Waals surface area (Å²) >= 11 is 0. The largest absolute Gasteiger partial charge is 0.493 e. The Balaban J connectivity index is 1.72. The molecule has 1 aliphatic rings. The summed E-state index contributed by atoms with van der Waals surface area (Å²) in [5.41, 5.74) is 8.70. The van der Waals surface area contributed by atoms with E-state index in [1.165, 1.54) is 33.4 Å². The standard InChI is InChI=1S/C24H23N3O/c1-16-6-8-22-20(12-16)21-15-26(2)11-10-23(21)27(22)19-5-3-4-17(13-19)18-7-9-24(28)25-14-18/h3-9,12-14H,10-11,15H2,1-2H3,(H,25,28). The molecule has 0 amide bonds. The van der Waals surface area contributed by atoms with Gasteiger partial charge in [-0.25, -0.2) is 4.98 Å². The van der Waals surface area contributed by atoms with Crippen LogP contribution < -0.4 is 0 Å². The van der Waals surface area contributed by atoms with E-state index in [2.05, 4.69) is 70.9 Å². The van der Waals surface area contributed by atoms with Crippen LogP contribution in [0.5, 0.6) is 5.88 Å². The SMILES string of the molecule is Cc1ccc2c(c1)c1c(n2-c2cccc(-c3ccc(O)nc3)c2)CCN(C)C1. The average Bonchev–Trinajstić information content (AvgIpc) is 3.01. The van der Waals surface area contributed by atoms with E-state index in [0.29, 0.717) is 0 Å². The minimum atomic E-state index is 0.0462. The predicted molar refractivity (Wildman–Crippen MR) is 113 cm³/mol. The van der Waals surface area contributed by atoms with Crippen LogP contribution in [-0.2, 0) is 13.0 Å². The third-order valence-electron chi connectivity index (χ3n) is 5.68. The molecule has 0 saturated carbocycles. The number of aromatic hydroxyl groups is 1. The fourth-order valence-electron chi connectivity index (χ4n) is 4.28. The van der Waals surface area contributed by atoms with Gasteiger partial charge in [0.05, 0.1) is 5.52 Å². The van der Waals surface area contributed by atoms with E-state index in [4.69, 9.17) is 0 Å². The molecule has 0 unspecified atom stereocenters. The molecule has 0 radical (unpaired) electrons. The maximum absolute atomic E-state index is 9.48. The van der Waals surface area contributed by atoms with Gasteiger partial charge < -0.3 is 14.6 Å². The van der Waals surface area contributed by atoms with Gasteiger partial charge >= 0.3 is 0 Å². The van der Waals surface area contributed by atoms with E-state index in [0.717, 1.165) is 30.6 Å². The smallest absolute Gasteiger partial charge is 0.210 e. The molecule has 4 heteroatoms. The lowest BCUT2D eigenvalue weighted by Gasteiger charge is -2.24. The highest BCUT2D eigenvalue weighted by Crippen LogP contribution is 2.34. The monoisotopic (exact) mass is 369 g/mol. The Morgan fingerprint density at radius 1 is 1.00 bits per heavy atom. The van der Waals surface area contributed by atoms with Gasteiger partial charge in [0.15, 0.2) is 0 Å². The Kier molecular flexibility index (Phi) is 3.95. The molecule has 5 rings (SSSR count). The number of aromatic nitrogens is 2. The third kappa shape index (κ3) is 2.77. The molecule has 4 aromatic rings. The first-order valence-corrected chi connectivity index (χ1v) is 9.67. The highest BCUT2D eigenvalue weighted by molar-refractivity contribution is 5.88. The zero-order chi connectivity index (χ0) is 19.3. The van der Waals surface area contributed by atoms with E-state index in [-0.39, 0.29) is 5.88 Å². The van der Waals surface area contributed by atoms with Crippen molar-refractivity contribution in [1.29, 1.82) is 0 Å². The molecule has 0 spiro atoms. The van der Waals surface area contributed by atoms with Crippen molar-refractivity contribution in [2.75, 3.05) is 13.6 Å². The molecular formula is C24H23N3O. The van der Waals surface area contributed by atoms with Crippen LogP contribution in [0.4, 0.5) is 0 Å². The fourth-order valence-corrected chi connectivity index (χ4v) is 4.28. The number of hydrogen-bond acceptors (Lipinski definition) is 3. The van der Waals surface area contributed by atoms with Crippen molar-refractivity contribution in [3.05, 3.63) is 77.6 Å². The van der Waals surface area contributed by atoms with Crippen LogP contribution in [-0.4, -0.2) is 33.1 Å². The number of likely N-dealkylation sites (N-methyl/N-ethyl adjacent to an activating group) is 1. The van der Waals surface area contributed by atoms with E-state index < -0.39 is 0 Å². The van der Waals surface area contributed by atoms with Crippen LogP contribution in [0.3, 0.4) is 0 Å². The van der Waals surface area contributed by atoms with Gasteiger partial charge in [-0.3, -0.25) is 0 Å². The highest BCUT2D eigenvalue weighted by Gasteiger charge is 2.23. The quantitative estimate of drug-likeness (QED) is 0.557. The van der Waals surface area contributed by atoms with Crippen molar-refractivity contribution >= 4 is 10.9 Å². The Bertz CT molecular complexity index is 1170. The summed E-state index contributed by atoms with van der Waals surface area (Å²) in [5, 5.41) is 10.8. The summed E-state index contributed by atoms with van der Waals surface area (Å²) in [6, 6.07) is 18.9. The second-order valence-electron chi connectivity index (χ2n) is 7.72. The van der Waals surface area contributed by atoms with E-state index in [1.54, 1.807) is 12.3 Å². The zero-order valence-electron chi connectivity index (χ0n) is 16.2. The van der Waals surface area contributed by atoms with Gasteiger partial charge in [0, 0.05) is 54.1 Å². The van der Waals surface area contributed by atoms with Gasteiger partial charge in [0.1, 0.15) is 0 Å². The molecule has 1 N–H and O–H groups in total. The number of hydrogen-bond donors (Lipinski definition) is 1. The fraction of sp³-hybridized carbons (Fsp3) is 0.208. The average molecular weight is 369 g/mol. The first kappa shape index (κ1) is 17.0. The lowest BCUT2D eigenvalue weighted by atomic mass is 10.0. The van der Waals surface area contributed by atoms with Crippen molar-refractivity contribution in [1.82, 2.24) is 14.5 Å². The molecule has 0 bridgehead atoms. The highest BCUT2D eigenvalue weighted by atomic mass is 16.3. The number of benzene rings is 2. The second kappa shape index (κ2) is 6.50. The Labute approximate surface area is 164 Å². The summed E-state index contributed by atoms with van der Waals surface area (Å²) in [6.07, 6.45) is 2.76. The van der Waals surface area contributed by atoms with Crippen LogP contribution in [0.2, 0.25) is 0 Å². The minimum Gasteiger partial charge on any atom is -0.493 e. The molecule has 0 aliphatic carbocycles. The number of fused-ring (bicyclic) bond motifs is 3. The van der Waals surface area contributed by atoms with E-state index in [9.17, 15) is 5.11 Å². The molecule has 0 fully saturated rings. The molecule has 28 heavy (non-hydrogen) atoms. The summed E-state index contributed by atoms with van der Waals surface area (Å²) in [4.78, 5) is 6.43. The first-order valence-electron chi connectivity index (χ1n) is 9.67. The van der Waals surface area contributed by atoms with Gasteiger partial charge in [0.2, 0.25) is 5.88 Å². The van der Waals surface area contributed by atoms with Crippen molar-refractivity contribution in [3.63, 3.8) is 0 Å². The maximum atomic E-state index is 9.48. The summed E-state index contributed by atoms with van der Waals surface area (Å²) < 4.78 is 2.43. The molecule has 0 atom stereocenters. The minimum absolute atomic E-state index is 0.0462. The summed E-state index contributed by atoms with van der Waals surface area (Å²) in [6.45, 7) is 4.22. The number of pyridine rings is 1. The Morgan fingerprint density at radius 2 is 1.89 bits per heavy atom. The van der Waals surface area contributed by atoms with E-state index in [1.807, 2.05) is 6.07 Å². The van der Waals surface area contributed by atoms with Gasteiger partial charge in [-0.05, 0) is 55.4 Å². The van der Waals surface area contributed by atoms with Crippen molar-refractivity contribution in [2.24, 2.45) is 0 Å². The summed E-state index contributed by atoms with van der Waals surface area (Å²) in [5.74, 6) is 0.0462. The third-order valence-corrected chi connectivity index (χ3v) is 5.68. The van der Waals surface area contributed by atoms with Gasteiger partial charge in [-0.2, -0.15) is 0 Å². The van der Waals surface area contributed by atoms with Crippen molar-refractivity contribution in [3.8, 4) is 22.7 Å². The van der Waals surface area contributed by atoms with Gasteiger partial charge in [0.25, 0.3) is 0 Å². The predicted octanol–water partition coefficient (Wildman–Crippen LogP) is 4.69. The maximum Gasteiger partial charge on any atom is 0.210 e. The lowest BCUT2D eigenvalue weighted by molar-refractivity contribution is 0.311. The lowest BCUT2D eigenvalue weighted by Crippen LogP contribution is -2.27. The molecule has 2 aromatic heterocycles. The van der Waals surface area contributed by atoms with Crippen LogP contribution in [0.25, 0.3) is 27.7 Å². The van der Waals surface area contributed by atoms with Crippen LogP contribution in [0, 0.1) is 6.92 Å². The second-order valence-corrected chi connectivity index (χ2v) is 7.72. The van der Waals surface area contributed by atoms with Crippen molar-refractivity contribution < 1.29 is 5.11 Å². The summed E-state index contributed by atoms with van der Waals surface area (Å²) in [7, 11) is 2.19. The zero-order valence-corrected chi connectivity index (χ0v) is 16.2. The number of rotatable bonds is 2. The Morgan fingerprint density at radius 3 is 2.71 bits per heavy atom. The normalized spacial score (nSPS) is 14.4. The first-order chi connectivity index (χ1) is 13.6. The van der Waals surface area contributed by atoms with Crippen LogP contribution in [0.15, 0.2) is 60.8 Å². The molecule has 2 aromatic carbocycles. The number of aryl methyl sites for hydroxylation is 1. The molecular weight excluding hydrogens is 346 g/mol. The molecule has 140 valence electrons. The molecule has 1 aliphatic heterocycles. The molecule has 0 saturated heterocycles. The molecule has 4 nitrogen and oxygen atoms in total. The van der Waals surface area contributed by atoms with Gasteiger partial charge in [-0.1, -0.05) is 23.8 Å². The number of nitrogens with zero attached hydrogens (tertiary/aromatic N) is 3. The van der Waals surface area contributed by atoms with Crippen LogP contribution in [0.1, 0.15) is 16.8 Å². The van der Waals surface area contributed by atoms with Crippen LogP contribution >= 0.6 is 0 Å². The van der Waals surface area contributed by atoms with Gasteiger partial charge in [-0.15, -0.1) is 0 Å². The van der Waals surface area contributed by atoms with Crippen molar-refractivity contribution in [2.45, 2.75) is 19.9 Å². The van der Waals surface area contributed by atoms with E-state index >= 15 is 0 Å². The Hall–Kier alpha value is -3.11. The molecule has 3 heterocycles.